The molecule has 2 amide bonds. The smallest absolute Gasteiger partial charge is 0.318 e. The highest BCUT2D eigenvalue weighted by atomic mass is 35.5. The molecule has 2 aliphatic rings. The van der Waals surface area contributed by atoms with Crippen molar-refractivity contribution in [1.82, 2.24) is 15.1 Å². The molecule has 2 aliphatic heterocycles. The third kappa shape index (κ3) is 2.06. The summed E-state index contributed by atoms with van der Waals surface area (Å²) in [6.45, 7) is 3.98. The van der Waals surface area contributed by atoms with Crippen LogP contribution in [0.3, 0.4) is 0 Å². The third-order valence-electron chi connectivity index (χ3n) is 3.62. The topological polar surface area (TPSA) is 35.6 Å². The zero-order valence-electron chi connectivity index (χ0n) is 10.1. The molecule has 0 aliphatic carbocycles. The molecule has 0 aromatic heterocycles. The van der Waals surface area contributed by atoms with Gasteiger partial charge in [0.1, 0.15) is 0 Å². The number of hydrogen-bond acceptors (Lipinski definition) is 2. The van der Waals surface area contributed by atoms with Gasteiger partial charge >= 0.3 is 6.03 Å². The maximum absolute atomic E-state index is 12.2. The standard InChI is InChI=1S/C13H16ClN3O/c14-12-4-2-1-3-10(12)8-16-9-11-7-15-5-6-17(11)13(16)18/h1-4,11,15H,5-9H2. The maximum Gasteiger partial charge on any atom is 0.320 e. The van der Waals surface area contributed by atoms with Gasteiger partial charge in [0.2, 0.25) is 0 Å². The van der Waals surface area contributed by atoms with Gasteiger partial charge in [-0.15, -0.1) is 0 Å². The van der Waals surface area contributed by atoms with E-state index in [1.165, 1.54) is 0 Å². The number of hydrogen-bond donors (Lipinski definition) is 1. The molecule has 1 N–H and O–H groups in total. The van der Waals surface area contributed by atoms with E-state index in [4.69, 9.17) is 11.6 Å². The molecule has 96 valence electrons. The van der Waals surface area contributed by atoms with E-state index in [0.717, 1.165) is 36.8 Å². The Bertz CT molecular complexity index is 465. The zero-order chi connectivity index (χ0) is 12.5. The molecule has 0 saturated carbocycles. The first-order chi connectivity index (χ1) is 8.75. The maximum atomic E-state index is 12.2. The van der Waals surface area contributed by atoms with Crippen LogP contribution in [0.4, 0.5) is 4.79 Å². The summed E-state index contributed by atoms with van der Waals surface area (Å²) in [4.78, 5) is 16.1. The summed E-state index contributed by atoms with van der Waals surface area (Å²) in [6, 6.07) is 8.16. The van der Waals surface area contributed by atoms with Gasteiger partial charge in [-0.3, -0.25) is 0 Å². The van der Waals surface area contributed by atoms with Crippen molar-refractivity contribution in [3.05, 3.63) is 34.9 Å². The van der Waals surface area contributed by atoms with Gasteiger partial charge < -0.3 is 15.1 Å². The highest BCUT2D eigenvalue weighted by Crippen LogP contribution is 2.23. The predicted octanol–water partition coefficient (Wildman–Crippen LogP) is 1.55. The summed E-state index contributed by atoms with van der Waals surface area (Å²) >= 11 is 6.14. The van der Waals surface area contributed by atoms with Gasteiger partial charge in [0.15, 0.2) is 0 Å². The lowest BCUT2D eigenvalue weighted by Crippen LogP contribution is -2.49. The molecule has 1 aromatic rings. The molecule has 1 aromatic carbocycles. The van der Waals surface area contributed by atoms with Crippen molar-refractivity contribution in [2.24, 2.45) is 0 Å². The SMILES string of the molecule is O=C1N(Cc2ccccc2Cl)CC2CNCCN12. The first-order valence-corrected chi connectivity index (χ1v) is 6.63. The van der Waals surface area contributed by atoms with Crippen LogP contribution in [0, 0.1) is 0 Å². The number of amides is 2. The molecule has 18 heavy (non-hydrogen) atoms. The summed E-state index contributed by atoms with van der Waals surface area (Å²) in [5.74, 6) is 0. The van der Waals surface area contributed by atoms with E-state index in [2.05, 4.69) is 5.32 Å². The number of piperazine rings is 1. The average molecular weight is 266 g/mol. The zero-order valence-corrected chi connectivity index (χ0v) is 10.9. The third-order valence-corrected chi connectivity index (χ3v) is 3.99. The summed E-state index contributed by atoms with van der Waals surface area (Å²) in [6.07, 6.45) is 0. The largest absolute Gasteiger partial charge is 0.320 e. The van der Waals surface area contributed by atoms with Gasteiger partial charge in [-0.25, -0.2) is 4.79 Å². The van der Waals surface area contributed by atoms with E-state index in [0.29, 0.717) is 12.6 Å². The van der Waals surface area contributed by atoms with Crippen LogP contribution in [0.25, 0.3) is 0 Å². The second kappa shape index (κ2) is 4.78. The van der Waals surface area contributed by atoms with Crippen LogP contribution >= 0.6 is 11.6 Å². The normalized spacial score (nSPS) is 23.4. The molecule has 1 atom stereocenters. The number of urea groups is 1. The van der Waals surface area contributed by atoms with Crippen molar-refractivity contribution in [1.29, 1.82) is 0 Å². The van der Waals surface area contributed by atoms with Crippen LogP contribution in [-0.4, -0.2) is 48.1 Å². The second-order valence-electron chi connectivity index (χ2n) is 4.81. The van der Waals surface area contributed by atoms with E-state index < -0.39 is 0 Å². The minimum absolute atomic E-state index is 0.140. The number of rotatable bonds is 2. The summed E-state index contributed by atoms with van der Waals surface area (Å²) in [5, 5.41) is 4.06. The molecule has 5 heteroatoms. The van der Waals surface area contributed by atoms with Gasteiger partial charge in [-0.2, -0.15) is 0 Å². The van der Waals surface area contributed by atoms with Crippen molar-refractivity contribution >= 4 is 17.6 Å². The number of carbonyl (C=O) groups is 1. The number of nitrogens with one attached hydrogen (secondary N) is 1. The van der Waals surface area contributed by atoms with Crippen molar-refractivity contribution in [3.63, 3.8) is 0 Å². The quantitative estimate of drug-likeness (QED) is 0.881. The van der Waals surface area contributed by atoms with Crippen LogP contribution in [0.5, 0.6) is 0 Å². The molecule has 4 nitrogen and oxygen atoms in total. The van der Waals surface area contributed by atoms with Gasteiger partial charge in [0, 0.05) is 37.7 Å². The number of nitrogens with zero attached hydrogens (tertiary/aromatic N) is 2. The fraction of sp³-hybridized carbons (Fsp3) is 0.462. The molecule has 2 saturated heterocycles. The van der Waals surface area contributed by atoms with Gasteiger partial charge in [0.05, 0.1) is 6.04 Å². The Kier molecular flexibility index (Phi) is 3.14. The Hall–Kier alpha value is -1.26. The summed E-state index contributed by atoms with van der Waals surface area (Å²) < 4.78 is 0. The monoisotopic (exact) mass is 265 g/mol. The minimum atomic E-state index is 0.140. The molecular weight excluding hydrogens is 250 g/mol. The molecule has 0 radical (unpaired) electrons. The highest BCUT2D eigenvalue weighted by molar-refractivity contribution is 6.31. The van der Waals surface area contributed by atoms with Crippen LogP contribution < -0.4 is 5.32 Å². The van der Waals surface area contributed by atoms with Gasteiger partial charge in [-0.05, 0) is 11.6 Å². The Morgan fingerprint density at radius 1 is 1.39 bits per heavy atom. The molecule has 3 rings (SSSR count). The fourth-order valence-corrected chi connectivity index (χ4v) is 2.85. The second-order valence-corrected chi connectivity index (χ2v) is 5.21. The lowest BCUT2D eigenvalue weighted by molar-refractivity contribution is 0.178. The predicted molar refractivity (Wildman–Crippen MR) is 70.6 cm³/mol. The molecule has 2 heterocycles. The Labute approximate surface area is 112 Å². The van der Waals surface area contributed by atoms with E-state index in [1.807, 2.05) is 34.1 Å². The minimum Gasteiger partial charge on any atom is -0.318 e. The molecule has 2 fully saturated rings. The Balaban J connectivity index is 1.74. The summed E-state index contributed by atoms with van der Waals surface area (Å²) in [7, 11) is 0. The molecule has 0 bridgehead atoms. The van der Waals surface area contributed by atoms with Crippen molar-refractivity contribution < 1.29 is 4.79 Å². The number of carbonyl (C=O) groups excluding carboxylic acids is 1. The lowest BCUT2D eigenvalue weighted by Gasteiger charge is -2.28. The van der Waals surface area contributed by atoms with E-state index in [9.17, 15) is 4.79 Å². The number of fused-ring (bicyclic) bond motifs is 1. The lowest BCUT2D eigenvalue weighted by atomic mass is 10.2. The van der Waals surface area contributed by atoms with Crippen molar-refractivity contribution in [2.45, 2.75) is 12.6 Å². The fourth-order valence-electron chi connectivity index (χ4n) is 2.65. The average Bonchev–Trinajstić information content (AvgIpc) is 2.70. The van der Waals surface area contributed by atoms with Crippen molar-refractivity contribution in [3.8, 4) is 0 Å². The van der Waals surface area contributed by atoms with Gasteiger partial charge in [0.25, 0.3) is 0 Å². The summed E-state index contributed by atoms with van der Waals surface area (Å²) in [5.41, 5.74) is 1.01. The van der Waals surface area contributed by atoms with E-state index in [1.54, 1.807) is 0 Å². The van der Waals surface area contributed by atoms with Crippen LogP contribution in [0.1, 0.15) is 5.56 Å². The molecule has 0 spiro atoms. The van der Waals surface area contributed by atoms with Crippen LogP contribution in [0.2, 0.25) is 5.02 Å². The molecular formula is C13H16ClN3O. The van der Waals surface area contributed by atoms with E-state index >= 15 is 0 Å². The van der Waals surface area contributed by atoms with Crippen LogP contribution in [0.15, 0.2) is 24.3 Å². The van der Waals surface area contributed by atoms with Crippen LogP contribution in [-0.2, 0) is 6.54 Å². The Morgan fingerprint density at radius 3 is 3.00 bits per heavy atom. The van der Waals surface area contributed by atoms with Crippen molar-refractivity contribution in [2.75, 3.05) is 26.2 Å². The number of benzene rings is 1. The first kappa shape index (κ1) is 11.8. The number of halogens is 1. The molecule has 1 unspecified atom stereocenters. The Morgan fingerprint density at radius 2 is 2.22 bits per heavy atom. The van der Waals surface area contributed by atoms with Gasteiger partial charge in [-0.1, -0.05) is 29.8 Å². The van der Waals surface area contributed by atoms with E-state index in [-0.39, 0.29) is 6.03 Å². The highest BCUT2D eigenvalue weighted by Gasteiger charge is 2.38. The first-order valence-electron chi connectivity index (χ1n) is 6.25.